The van der Waals surface area contributed by atoms with Crippen LogP contribution in [0.4, 0.5) is 0 Å². The van der Waals surface area contributed by atoms with Crippen molar-refractivity contribution in [2.24, 2.45) is 5.73 Å². The van der Waals surface area contributed by atoms with Gasteiger partial charge in [-0.1, -0.05) is 0 Å². The number of piperidine rings is 1. The van der Waals surface area contributed by atoms with E-state index in [4.69, 9.17) is 10.5 Å². The van der Waals surface area contributed by atoms with Crippen molar-refractivity contribution in [2.45, 2.75) is 37.7 Å². The molecule has 0 aliphatic carbocycles. The van der Waals surface area contributed by atoms with Crippen LogP contribution in [0.5, 0.6) is 0 Å². The van der Waals surface area contributed by atoms with Gasteiger partial charge in [0, 0.05) is 25.5 Å². The maximum Gasteiger partial charge on any atom is 0.255 e. The number of aryl methyl sites for hydroxylation is 1. The standard InChI is InChI=1S/C19H25N5O2.2ClH/c20-6-1-2-14-10-16(12-21-11-14)18(25)24-7-4-19(5-8-24)17-15(3-9-26-19)13-22-23-17;;/h10-13H,1-9,20H2,(H,22,23);2*1H. The normalized spacial score (nSPS) is 17.4. The van der Waals surface area contributed by atoms with Crippen molar-refractivity contribution in [1.82, 2.24) is 20.1 Å². The minimum absolute atomic E-state index is 0. The van der Waals surface area contributed by atoms with Crippen molar-refractivity contribution in [1.29, 1.82) is 0 Å². The summed E-state index contributed by atoms with van der Waals surface area (Å²) in [7, 11) is 0. The van der Waals surface area contributed by atoms with Crippen LogP contribution in [-0.4, -0.2) is 52.2 Å². The first-order valence-corrected chi connectivity index (χ1v) is 9.32. The number of halogens is 2. The number of nitrogens with zero attached hydrogens (tertiary/aromatic N) is 3. The molecule has 0 saturated carbocycles. The van der Waals surface area contributed by atoms with Gasteiger partial charge in [0.1, 0.15) is 5.60 Å². The van der Waals surface area contributed by atoms with Crippen molar-refractivity contribution in [3.8, 4) is 0 Å². The SMILES string of the molecule is Cl.Cl.NCCCc1cncc(C(=O)N2CCC3(CC2)OCCc2cn[nH]c23)c1. The van der Waals surface area contributed by atoms with Gasteiger partial charge in [0.15, 0.2) is 0 Å². The molecule has 0 bridgehead atoms. The molecule has 1 fully saturated rings. The maximum atomic E-state index is 12.9. The number of amides is 1. The van der Waals surface area contributed by atoms with E-state index in [0.717, 1.165) is 43.4 Å². The van der Waals surface area contributed by atoms with Crippen LogP contribution in [-0.2, 0) is 23.2 Å². The van der Waals surface area contributed by atoms with Crippen molar-refractivity contribution < 1.29 is 9.53 Å². The minimum atomic E-state index is -0.317. The molecule has 7 nitrogen and oxygen atoms in total. The lowest BCUT2D eigenvalue weighted by Crippen LogP contribution is -2.48. The Morgan fingerprint density at radius 1 is 1.25 bits per heavy atom. The summed E-state index contributed by atoms with van der Waals surface area (Å²) in [5.41, 5.74) is 9.31. The van der Waals surface area contributed by atoms with Gasteiger partial charge in [0.25, 0.3) is 5.91 Å². The molecule has 0 atom stereocenters. The van der Waals surface area contributed by atoms with Crippen LogP contribution >= 0.6 is 24.8 Å². The maximum absolute atomic E-state index is 12.9. The van der Waals surface area contributed by atoms with Gasteiger partial charge in [-0.3, -0.25) is 14.9 Å². The Hall–Kier alpha value is -1.67. The van der Waals surface area contributed by atoms with Gasteiger partial charge in [-0.2, -0.15) is 5.10 Å². The van der Waals surface area contributed by atoms with Gasteiger partial charge in [0.2, 0.25) is 0 Å². The molecular formula is C19H27Cl2N5O2. The molecule has 2 aliphatic rings. The second-order valence-electron chi connectivity index (χ2n) is 7.13. The van der Waals surface area contributed by atoms with E-state index >= 15 is 0 Å². The minimum Gasteiger partial charge on any atom is -0.368 e. The van der Waals surface area contributed by atoms with Crippen molar-refractivity contribution in [3.63, 3.8) is 0 Å². The third-order valence-corrected chi connectivity index (χ3v) is 5.49. The number of aromatic amines is 1. The predicted molar refractivity (Wildman–Crippen MR) is 111 cm³/mol. The molecule has 2 aromatic heterocycles. The summed E-state index contributed by atoms with van der Waals surface area (Å²) in [5.74, 6) is 0.0441. The van der Waals surface area contributed by atoms with Gasteiger partial charge < -0.3 is 15.4 Å². The average Bonchev–Trinajstić information content (AvgIpc) is 3.17. The molecule has 1 saturated heterocycles. The number of hydrogen-bond donors (Lipinski definition) is 2. The first-order valence-electron chi connectivity index (χ1n) is 9.32. The van der Waals surface area contributed by atoms with Crippen molar-refractivity contribution in [2.75, 3.05) is 26.2 Å². The number of ether oxygens (including phenoxy) is 1. The summed E-state index contributed by atoms with van der Waals surface area (Å²) < 4.78 is 6.16. The number of carbonyl (C=O) groups excluding carboxylic acids is 1. The molecule has 2 aromatic rings. The lowest BCUT2D eigenvalue weighted by Gasteiger charge is -2.43. The quantitative estimate of drug-likeness (QED) is 0.779. The van der Waals surface area contributed by atoms with E-state index in [0.29, 0.717) is 31.8 Å². The summed E-state index contributed by atoms with van der Waals surface area (Å²) in [6.07, 6.45) is 9.59. The van der Waals surface area contributed by atoms with Crippen LogP contribution in [0, 0.1) is 0 Å². The summed E-state index contributed by atoms with van der Waals surface area (Å²) in [6.45, 7) is 2.70. The predicted octanol–water partition coefficient (Wildman–Crippen LogP) is 2.24. The number of rotatable bonds is 4. The monoisotopic (exact) mass is 427 g/mol. The molecule has 1 amide bonds. The number of fused-ring (bicyclic) bond motifs is 2. The Morgan fingerprint density at radius 2 is 2.04 bits per heavy atom. The molecule has 4 rings (SSSR count). The molecule has 0 aromatic carbocycles. The fourth-order valence-corrected chi connectivity index (χ4v) is 4.02. The first-order chi connectivity index (χ1) is 12.7. The van der Waals surface area contributed by atoms with Crippen LogP contribution in [0.2, 0.25) is 0 Å². The summed E-state index contributed by atoms with van der Waals surface area (Å²) >= 11 is 0. The zero-order valence-corrected chi connectivity index (χ0v) is 17.4. The zero-order chi connectivity index (χ0) is 18.0. The number of nitrogens with one attached hydrogen (secondary N) is 1. The van der Waals surface area contributed by atoms with Crippen LogP contribution in [0.25, 0.3) is 0 Å². The second kappa shape index (κ2) is 9.69. The van der Waals surface area contributed by atoms with Gasteiger partial charge in [0.05, 0.1) is 24.1 Å². The highest BCUT2D eigenvalue weighted by atomic mass is 35.5. The van der Waals surface area contributed by atoms with E-state index in [-0.39, 0.29) is 36.3 Å². The van der Waals surface area contributed by atoms with Crippen LogP contribution in [0.3, 0.4) is 0 Å². The van der Waals surface area contributed by atoms with E-state index in [1.54, 1.807) is 6.20 Å². The third kappa shape index (κ3) is 4.33. The van der Waals surface area contributed by atoms with Crippen molar-refractivity contribution in [3.05, 3.63) is 47.0 Å². The highest BCUT2D eigenvalue weighted by Gasteiger charge is 2.43. The summed E-state index contributed by atoms with van der Waals surface area (Å²) in [5, 5.41) is 7.31. The van der Waals surface area contributed by atoms with E-state index in [9.17, 15) is 4.79 Å². The molecule has 3 N–H and O–H groups in total. The number of H-pyrrole nitrogens is 1. The fraction of sp³-hybridized carbons (Fsp3) is 0.526. The molecule has 154 valence electrons. The third-order valence-electron chi connectivity index (χ3n) is 5.49. The van der Waals surface area contributed by atoms with Crippen LogP contribution in [0.1, 0.15) is 46.4 Å². The Labute approximate surface area is 177 Å². The molecule has 2 aliphatic heterocycles. The van der Waals surface area contributed by atoms with Gasteiger partial charge in [-0.25, -0.2) is 0 Å². The fourth-order valence-electron chi connectivity index (χ4n) is 4.02. The van der Waals surface area contributed by atoms with Crippen LogP contribution in [0.15, 0.2) is 24.7 Å². The van der Waals surface area contributed by atoms with Crippen LogP contribution < -0.4 is 5.73 Å². The number of carbonyl (C=O) groups is 1. The topological polar surface area (TPSA) is 97.1 Å². The van der Waals surface area contributed by atoms with E-state index in [2.05, 4.69) is 15.2 Å². The number of aromatic nitrogens is 3. The second-order valence-corrected chi connectivity index (χ2v) is 7.13. The lowest BCUT2D eigenvalue weighted by molar-refractivity contribution is -0.0962. The van der Waals surface area contributed by atoms with Gasteiger partial charge in [-0.15, -0.1) is 24.8 Å². The molecule has 0 radical (unpaired) electrons. The Balaban J connectivity index is 0.00000140. The Bertz CT molecular complexity index is 790. The highest BCUT2D eigenvalue weighted by molar-refractivity contribution is 5.94. The van der Waals surface area contributed by atoms with Gasteiger partial charge in [-0.05, 0) is 55.8 Å². The molecule has 28 heavy (non-hydrogen) atoms. The zero-order valence-electron chi connectivity index (χ0n) is 15.7. The van der Waals surface area contributed by atoms with Crippen molar-refractivity contribution >= 4 is 30.7 Å². The number of nitrogens with two attached hydrogens (primary N) is 1. The lowest BCUT2D eigenvalue weighted by atomic mass is 9.83. The number of hydrogen-bond acceptors (Lipinski definition) is 5. The molecule has 9 heteroatoms. The summed E-state index contributed by atoms with van der Waals surface area (Å²) in [4.78, 5) is 19.0. The Kier molecular flexibility index (Phi) is 7.83. The first kappa shape index (κ1) is 22.6. The van der Waals surface area contributed by atoms with E-state index in [1.165, 1.54) is 5.56 Å². The number of pyridine rings is 1. The molecule has 4 heterocycles. The smallest absolute Gasteiger partial charge is 0.255 e. The largest absolute Gasteiger partial charge is 0.368 e. The number of likely N-dealkylation sites (tertiary alicyclic amines) is 1. The van der Waals surface area contributed by atoms with Gasteiger partial charge >= 0.3 is 0 Å². The summed E-state index contributed by atoms with van der Waals surface area (Å²) in [6, 6.07) is 1.94. The molecule has 0 unspecified atom stereocenters. The Morgan fingerprint density at radius 3 is 2.79 bits per heavy atom. The highest BCUT2D eigenvalue weighted by Crippen LogP contribution is 2.40. The molecular weight excluding hydrogens is 401 g/mol. The van der Waals surface area contributed by atoms with E-state index in [1.807, 2.05) is 23.4 Å². The van der Waals surface area contributed by atoms with E-state index < -0.39 is 0 Å². The average molecular weight is 428 g/mol. The molecule has 1 spiro atoms.